The summed E-state index contributed by atoms with van der Waals surface area (Å²) in [6, 6.07) is 5.77. The average Bonchev–Trinajstić information content (AvgIpc) is 3.05. The molecular formula is C17H23N5O3. The Morgan fingerprint density at radius 3 is 2.64 bits per heavy atom. The number of rotatable bonds is 5. The van der Waals surface area contributed by atoms with Crippen LogP contribution in [-0.4, -0.2) is 69.2 Å². The predicted molar refractivity (Wildman–Crippen MR) is 91.1 cm³/mol. The number of aromatic nitrogens is 3. The normalized spacial score (nSPS) is 14.8. The fourth-order valence-corrected chi connectivity index (χ4v) is 2.97. The van der Waals surface area contributed by atoms with E-state index in [0.29, 0.717) is 45.6 Å². The van der Waals surface area contributed by atoms with Gasteiger partial charge in [0.05, 0.1) is 6.61 Å². The van der Waals surface area contributed by atoms with E-state index in [-0.39, 0.29) is 12.0 Å². The third-order valence-electron chi connectivity index (χ3n) is 4.33. The second-order valence-corrected chi connectivity index (χ2v) is 5.97. The number of carbonyl (C=O) groups excluding carboxylic acids is 2. The van der Waals surface area contributed by atoms with Gasteiger partial charge in [-0.2, -0.15) is 0 Å². The maximum atomic E-state index is 12.3. The molecule has 3 rings (SSSR count). The Morgan fingerprint density at radius 1 is 1.12 bits per heavy atom. The second-order valence-electron chi connectivity index (χ2n) is 5.97. The maximum Gasteiger partial charge on any atom is 0.409 e. The van der Waals surface area contributed by atoms with Crippen LogP contribution >= 0.6 is 0 Å². The van der Waals surface area contributed by atoms with Crippen molar-refractivity contribution in [2.24, 2.45) is 0 Å². The van der Waals surface area contributed by atoms with Gasteiger partial charge >= 0.3 is 6.09 Å². The van der Waals surface area contributed by atoms with Crippen LogP contribution in [0.5, 0.6) is 0 Å². The molecule has 3 heterocycles. The first-order chi connectivity index (χ1) is 12.2. The topological polar surface area (TPSA) is 80.0 Å². The van der Waals surface area contributed by atoms with Gasteiger partial charge in [0, 0.05) is 45.2 Å². The largest absolute Gasteiger partial charge is 0.450 e. The van der Waals surface area contributed by atoms with Gasteiger partial charge in [0.1, 0.15) is 5.82 Å². The van der Waals surface area contributed by atoms with E-state index in [0.717, 1.165) is 17.9 Å². The van der Waals surface area contributed by atoms with Crippen molar-refractivity contribution in [3.63, 3.8) is 0 Å². The lowest BCUT2D eigenvalue weighted by atomic mass is 10.2. The Kier molecular flexibility index (Phi) is 5.47. The van der Waals surface area contributed by atoms with E-state index in [9.17, 15) is 9.59 Å². The molecule has 134 valence electrons. The molecule has 1 fully saturated rings. The first-order valence-electron chi connectivity index (χ1n) is 8.67. The highest BCUT2D eigenvalue weighted by molar-refractivity contribution is 5.76. The molecule has 2 aromatic heterocycles. The average molecular weight is 345 g/mol. The quantitative estimate of drug-likeness (QED) is 0.817. The molecular weight excluding hydrogens is 322 g/mol. The van der Waals surface area contributed by atoms with Crippen LogP contribution in [0.1, 0.15) is 25.6 Å². The highest BCUT2D eigenvalue weighted by Crippen LogP contribution is 2.10. The van der Waals surface area contributed by atoms with Gasteiger partial charge in [0.25, 0.3) is 0 Å². The van der Waals surface area contributed by atoms with Crippen molar-refractivity contribution < 1.29 is 14.3 Å². The van der Waals surface area contributed by atoms with Gasteiger partial charge in [-0.15, -0.1) is 10.2 Å². The van der Waals surface area contributed by atoms with Gasteiger partial charge in [0.15, 0.2) is 5.65 Å². The van der Waals surface area contributed by atoms with E-state index >= 15 is 0 Å². The van der Waals surface area contributed by atoms with Gasteiger partial charge in [-0.3, -0.25) is 9.20 Å². The van der Waals surface area contributed by atoms with Gasteiger partial charge in [0.2, 0.25) is 5.91 Å². The fourth-order valence-electron chi connectivity index (χ4n) is 2.97. The summed E-state index contributed by atoms with van der Waals surface area (Å²) in [6.07, 6.45) is 3.54. The van der Waals surface area contributed by atoms with Crippen LogP contribution < -0.4 is 0 Å². The van der Waals surface area contributed by atoms with E-state index in [4.69, 9.17) is 4.74 Å². The molecule has 0 saturated carbocycles. The number of hydrogen-bond donors (Lipinski definition) is 0. The molecule has 8 heteroatoms. The van der Waals surface area contributed by atoms with Crippen molar-refractivity contribution >= 4 is 17.6 Å². The smallest absolute Gasteiger partial charge is 0.409 e. The van der Waals surface area contributed by atoms with Crippen molar-refractivity contribution in [1.29, 1.82) is 0 Å². The number of pyridine rings is 1. The Bertz CT molecular complexity index is 737. The molecule has 1 aliphatic rings. The zero-order chi connectivity index (χ0) is 17.6. The van der Waals surface area contributed by atoms with E-state index in [1.807, 2.05) is 33.7 Å². The van der Waals surface area contributed by atoms with E-state index in [1.165, 1.54) is 0 Å². The van der Waals surface area contributed by atoms with Crippen molar-refractivity contribution in [3.05, 3.63) is 30.2 Å². The standard InChI is InChI=1S/C17H23N5O3/c1-2-25-17(24)21-12-10-20(11-13-21)16(23)8-5-7-15-19-18-14-6-3-4-9-22(14)15/h3-4,6,9H,2,5,7-8,10-13H2,1H3. The van der Waals surface area contributed by atoms with Crippen LogP contribution in [0.25, 0.3) is 5.65 Å². The molecule has 0 atom stereocenters. The summed E-state index contributed by atoms with van der Waals surface area (Å²) >= 11 is 0. The first kappa shape index (κ1) is 17.2. The highest BCUT2D eigenvalue weighted by Gasteiger charge is 2.24. The third-order valence-corrected chi connectivity index (χ3v) is 4.33. The first-order valence-corrected chi connectivity index (χ1v) is 8.67. The molecule has 0 spiro atoms. The number of amides is 2. The molecule has 2 aromatic rings. The Morgan fingerprint density at radius 2 is 1.88 bits per heavy atom. The molecule has 1 saturated heterocycles. The number of ether oxygens (including phenoxy) is 1. The van der Waals surface area contributed by atoms with Crippen LogP contribution in [0.2, 0.25) is 0 Å². The van der Waals surface area contributed by atoms with Crippen LogP contribution in [0.3, 0.4) is 0 Å². The zero-order valence-corrected chi connectivity index (χ0v) is 14.4. The number of hydrogen-bond acceptors (Lipinski definition) is 5. The minimum atomic E-state index is -0.298. The summed E-state index contributed by atoms with van der Waals surface area (Å²) in [5.41, 5.74) is 0.818. The molecule has 0 aromatic carbocycles. The number of nitrogens with zero attached hydrogens (tertiary/aromatic N) is 5. The van der Waals surface area contributed by atoms with Crippen LogP contribution in [0, 0.1) is 0 Å². The zero-order valence-electron chi connectivity index (χ0n) is 14.4. The maximum absolute atomic E-state index is 12.3. The number of fused-ring (bicyclic) bond motifs is 1. The molecule has 0 bridgehead atoms. The summed E-state index contributed by atoms with van der Waals surface area (Å²) in [6.45, 7) is 4.33. The minimum Gasteiger partial charge on any atom is -0.450 e. The number of carbonyl (C=O) groups is 2. The predicted octanol–water partition coefficient (Wildman–Crippen LogP) is 1.35. The number of aryl methyl sites for hydroxylation is 1. The van der Waals surface area contributed by atoms with E-state index in [1.54, 1.807) is 11.8 Å². The van der Waals surface area contributed by atoms with Crippen molar-refractivity contribution in [2.75, 3.05) is 32.8 Å². The lowest BCUT2D eigenvalue weighted by molar-refractivity contribution is -0.132. The van der Waals surface area contributed by atoms with Crippen molar-refractivity contribution in [3.8, 4) is 0 Å². The SMILES string of the molecule is CCOC(=O)N1CCN(C(=O)CCCc2nnc3ccccn23)CC1. The fraction of sp³-hybridized carbons (Fsp3) is 0.529. The van der Waals surface area contributed by atoms with Crippen LogP contribution in [0.4, 0.5) is 4.79 Å². The van der Waals surface area contributed by atoms with Crippen molar-refractivity contribution in [2.45, 2.75) is 26.2 Å². The lowest BCUT2D eigenvalue weighted by Gasteiger charge is -2.34. The number of piperazine rings is 1. The van der Waals surface area contributed by atoms with Gasteiger partial charge in [-0.05, 0) is 25.5 Å². The molecule has 0 aliphatic carbocycles. The van der Waals surface area contributed by atoms with Crippen LogP contribution in [0.15, 0.2) is 24.4 Å². The van der Waals surface area contributed by atoms with Crippen LogP contribution in [-0.2, 0) is 16.0 Å². The van der Waals surface area contributed by atoms with E-state index < -0.39 is 0 Å². The molecule has 25 heavy (non-hydrogen) atoms. The summed E-state index contributed by atoms with van der Waals surface area (Å²) in [4.78, 5) is 27.5. The van der Waals surface area contributed by atoms with Gasteiger partial charge < -0.3 is 14.5 Å². The third kappa shape index (κ3) is 4.07. The Labute approximate surface area is 146 Å². The Balaban J connectivity index is 1.43. The summed E-state index contributed by atoms with van der Waals surface area (Å²) in [7, 11) is 0. The summed E-state index contributed by atoms with van der Waals surface area (Å²) in [5, 5.41) is 8.30. The highest BCUT2D eigenvalue weighted by atomic mass is 16.6. The Hall–Kier alpha value is -2.64. The molecule has 0 radical (unpaired) electrons. The summed E-state index contributed by atoms with van der Waals surface area (Å²) < 4.78 is 6.93. The molecule has 1 aliphatic heterocycles. The lowest BCUT2D eigenvalue weighted by Crippen LogP contribution is -2.50. The summed E-state index contributed by atoms with van der Waals surface area (Å²) in [5.74, 6) is 0.993. The second kappa shape index (κ2) is 7.96. The van der Waals surface area contributed by atoms with Crippen molar-refractivity contribution in [1.82, 2.24) is 24.4 Å². The minimum absolute atomic E-state index is 0.123. The van der Waals surface area contributed by atoms with Gasteiger partial charge in [-0.25, -0.2) is 4.79 Å². The molecule has 2 amide bonds. The molecule has 8 nitrogen and oxygen atoms in total. The molecule has 0 N–H and O–H groups in total. The van der Waals surface area contributed by atoms with Gasteiger partial charge in [-0.1, -0.05) is 6.07 Å². The molecule has 0 unspecified atom stereocenters. The van der Waals surface area contributed by atoms with E-state index in [2.05, 4.69) is 10.2 Å². The monoisotopic (exact) mass is 345 g/mol.